The first kappa shape index (κ1) is 10.2. The second kappa shape index (κ2) is 3.82. The summed E-state index contributed by atoms with van der Waals surface area (Å²) in [6, 6.07) is 0. The minimum atomic E-state index is 0.562. The fourth-order valence-electron chi connectivity index (χ4n) is 2.99. The van der Waals surface area contributed by atoms with Crippen LogP contribution in [0.4, 0.5) is 0 Å². The first-order valence-electron chi connectivity index (χ1n) is 6.04. The summed E-state index contributed by atoms with van der Waals surface area (Å²) >= 11 is 0. The molecule has 1 aromatic heterocycles. The molecule has 2 saturated heterocycles. The van der Waals surface area contributed by atoms with E-state index in [0.717, 1.165) is 6.54 Å². The molecule has 0 saturated carbocycles. The van der Waals surface area contributed by atoms with Gasteiger partial charge in [0.05, 0.1) is 11.9 Å². The molecule has 1 unspecified atom stereocenters. The van der Waals surface area contributed by atoms with Gasteiger partial charge in [-0.2, -0.15) is 0 Å². The van der Waals surface area contributed by atoms with Crippen LogP contribution >= 0.6 is 0 Å². The number of aromatic nitrogens is 3. The Balaban J connectivity index is 1.64. The molecule has 3 rings (SSSR count). The minimum Gasteiger partial charge on any atom is -0.316 e. The first-order valence-corrected chi connectivity index (χ1v) is 6.04. The van der Waals surface area contributed by atoms with Crippen molar-refractivity contribution in [3.8, 4) is 0 Å². The van der Waals surface area contributed by atoms with Crippen molar-refractivity contribution >= 4 is 0 Å². The molecule has 0 amide bonds. The standard InChI is InChI=1S/C11H19N5/c1-15-10(6-13-14-15)7-16-5-3-11(9-16)2-4-12-8-11/h6,12H,2-5,7-9H2,1H3. The predicted molar refractivity (Wildman–Crippen MR) is 60.8 cm³/mol. The predicted octanol–water partition coefficient (Wildman–Crippen LogP) is 0.000500. The van der Waals surface area contributed by atoms with Gasteiger partial charge >= 0.3 is 0 Å². The second-order valence-corrected chi connectivity index (χ2v) is 5.24. The number of rotatable bonds is 2. The average molecular weight is 221 g/mol. The van der Waals surface area contributed by atoms with Crippen LogP contribution in [0.1, 0.15) is 18.5 Å². The third kappa shape index (κ3) is 1.74. The zero-order valence-electron chi connectivity index (χ0n) is 9.82. The molecule has 0 radical (unpaired) electrons. The van der Waals surface area contributed by atoms with Gasteiger partial charge in [-0.1, -0.05) is 5.21 Å². The van der Waals surface area contributed by atoms with Crippen molar-refractivity contribution in [1.29, 1.82) is 0 Å². The van der Waals surface area contributed by atoms with E-state index in [1.54, 1.807) is 0 Å². The summed E-state index contributed by atoms with van der Waals surface area (Å²) < 4.78 is 1.87. The largest absolute Gasteiger partial charge is 0.316 e. The summed E-state index contributed by atoms with van der Waals surface area (Å²) in [6.45, 7) is 5.83. The van der Waals surface area contributed by atoms with Crippen molar-refractivity contribution in [2.75, 3.05) is 26.2 Å². The van der Waals surface area contributed by atoms with Crippen molar-refractivity contribution in [1.82, 2.24) is 25.2 Å². The number of likely N-dealkylation sites (tertiary alicyclic amines) is 1. The highest BCUT2D eigenvalue weighted by Gasteiger charge is 2.40. The molecule has 1 aromatic rings. The van der Waals surface area contributed by atoms with Crippen LogP contribution in [0.15, 0.2) is 6.20 Å². The van der Waals surface area contributed by atoms with Crippen LogP contribution in [0.3, 0.4) is 0 Å². The van der Waals surface area contributed by atoms with Crippen LogP contribution in [-0.4, -0.2) is 46.1 Å². The quantitative estimate of drug-likeness (QED) is 0.763. The Kier molecular flexibility index (Phi) is 2.44. The molecule has 1 atom stereocenters. The molecule has 0 aromatic carbocycles. The molecular formula is C11H19N5. The van der Waals surface area contributed by atoms with Crippen LogP contribution < -0.4 is 5.32 Å². The summed E-state index contributed by atoms with van der Waals surface area (Å²) in [4.78, 5) is 2.53. The monoisotopic (exact) mass is 221 g/mol. The molecule has 0 aliphatic carbocycles. The Hall–Kier alpha value is -0.940. The SMILES string of the molecule is Cn1nncc1CN1CCC2(CCNC2)C1. The third-order valence-corrected chi connectivity index (χ3v) is 4.04. The summed E-state index contributed by atoms with van der Waals surface area (Å²) in [6.07, 6.45) is 4.55. The van der Waals surface area contributed by atoms with E-state index in [0.29, 0.717) is 5.41 Å². The van der Waals surface area contributed by atoms with E-state index in [9.17, 15) is 0 Å². The summed E-state index contributed by atoms with van der Waals surface area (Å²) in [5.41, 5.74) is 1.77. The average Bonchev–Trinajstić information content (AvgIpc) is 2.96. The van der Waals surface area contributed by atoms with E-state index in [2.05, 4.69) is 20.5 Å². The lowest BCUT2D eigenvalue weighted by molar-refractivity contribution is 0.263. The van der Waals surface area contributed by atoms with Gasteiger partial charge in [0, 0.05) is 26.7 Å². The Labute approximate surface area is 95.8 Å². The molecule has 1 N–H and O–H groups in total. The zero-order chi connectivity index (χ0) is 11.0. The Bertz CT molecular complexity index is 366. The highest BCUT2D eigenvalue weighted by atomic mass is 15.4. The maximum atomic E-state index is 3.98. The highest BCUT2D eigenvalue weighted by Crippen LogP contribution is 2.36. The van der Waals surface area contributed by atoms with Gasteiger partial charge in [-0.25, -0.2) is 0 Å². The van der Waals surface area contributed by atoms with E-state index in [4.69, 9.17) is 0 Å². The molecule has 1 spiro atoms. The highest BCUT2D eigenvalue weighted by molar-refractivity contribution is 4.99. The van der Waals surface area contributed by atoms with Gasteiger partial charge < -0.3 is 5.32 Å². The number of nitrogens with one attached hydrogen (secondary N) is 1. The number of hydrogen-bond donors (Lipinski definition) is 1. The molecule has 2 aliphatic heterocycles. The van der Waals surface area contributed by atoms with Gasteiger partial charge in [0.15, 0.2) is 0 Å². The molecule has 16 heavy (non-hydrogen) atoms. The van der Waals surface area contributed by atoms with Gasteiger partial charge in [0.25, 0.3) is 0 Å². The second-order valence-electron chi connectivity index (χ2n) is 5.24. The van der Waals surface area contributed by atoms with Crippen LogP contribution in [0.2, 0.25) is 0 Å². The van der Waals surface area contributed by atoms with Crippen LogP contribution in [-0.2, 0) is 13.6 Å². The lowest BCUT2D eigenvalue weighted by Crippen LogP contribution is -2.29. The summed E-state index contributed by atoms with van der Waals surface area (Å²) in [5.74, 6) is 0. The van der Waals surface area contributed by atoms with Crippen molar-refractivity contribution in [2.45, 2.75) is 19.4 Å². The normalized spacial score (nSPS) is 30.6. The molecule has 2 fully saturated rings. The summed E-state index contributed by atoms with van der Waals surface area (Å²) in [7, 11) is 1.96. The first-order chi connectivity index (χ1) is 7.77. The van der Waals surface area contributed by atoms with Gasteiger partial charge in [0.2, 0.25) is 0 Å². The topological polar surface area (TPSA) is 46.0 Å². The van der Waals surface area contributed by atoms with Gasteiger partial charge in [0.1, 0.15) is 0 Å². The Morgan fingerprint density at radius 2 is 2.44 bits per heavy atom. The third-order valence-electron chi connectivity index (χ3n) is 4.04. The molecule has 5 nitrogen and oxygen atoms in total. The fraction of sp³-hybridized carbons (Fsp3) is 0.818. The van der Waals surface area contributed by atoms with Crippen molar-refractivity contribution in [3.63, 3.8) is 0 Å². The van der Waals surface area contributed by atoms with Gasteiger partial charge in [-0.05, 0) is 31.3 Å². The number of nitrogens with zero attached hydrogens (tertiary/aromatic N) is 4. The number of hydrogen-bond acceptors (Lipinski definition) is 4. The molecule has 2 aliphatic rings. The van der Waals surface area contributed by atoms with Crippen molar-refractivity contribution < 1.29 is 0 Å². The van der Waals surface area contributed by atoms with Gasteiger partial charge in [-0.15, -0.1) is 5.10 Å². The minimum absolute atomic E-state index is 0.562. The number of aryl methyl sites for hydroxylation is 1. The zero-order valence-corrected chi connectivity index (χ0v) is 9.82. The molecule has 88 valence electrons. The maximum absolute atomic E-state index is 3.98. The molecule has 3 heterocycles. The van der Waals surface area contributed by atoms with Crippen molar-refractivity contribution in [2.24, 2.45) is 12.5 Å². The maximum Gasteiger partial charge on any atom is 0.0738 e. The summed E-state index contributed by atoms with van der Waals surface area (Å²) in [5, 5.41) is 11.4. The molecule has 5 heteroatoms. The Morgan fingerprint density at radius 3 is 3.12 bits per heavy atom. The van der Waals surface area contributed by atoms with E-state index >= 15 is 0 Å². The smallest absolute Gasteiger partial charge is 0.0738 e. The van der Waals surface area contributed by atoms with Crippen LogP contribution in [0, 0.1) is 5.41 Å². The Morgan fingerprint density at radius 1 is 1.50 bits per heavy atom. The molecule has 0 bridgehead atoms. The van der Waals surface area contributed by atoms with Crippen LogP contribution in [0.25, 0.3) is 0 Å². The van der Waals surface area contributed by atoms with Crippen molar-refractivity contribution in [3.05, 3.63) is 11.9 Å². The van der Waals surface area contributed by atoms with E-state index in [-0.39, 0.29) is 0 Å². The van der Waals surface area contributed by atoms with E-state index in [1.165, 1.54) is 44.7 Å². The van der Waals surface area contributed by atoms with E-state index in [1.807, 2.05) is 17.9 Å². The molecular weight excluding hydrogens is 202 g/mol. The van der Waals surface area contributed by atoms with Gasteiger partial charge in [-0.3, -0.25) is 9.58 Å². The van der Waals surface area contributed by atoms with E-state index < -0.39 is 0 Å². The fourth-order valence-corrected chi connectivity index (χ4v) is 2.99. The lowest BCUT2D eigenvalue weighted by atomic mass is 9.87. The lowest BCUT2D eigenvalue weighted by Gasteiger charge is -2.22. The van der Waals surface area contributed by atoms with Crippen LogP contribution in [0.5, 0.6) is 0 Å².